The van der Waals surface area contributed by atoms with E-state index in [0.29, 0.717) is 6.54 Å². The first kappa shape index (κ1) is 14.7. The molecule has 0 aliphatic carbocycles. The van der Waals surface area contributed by atoms with Gasteiger partial charge in [0.1, 0.15) is 5.75 Å². The van der Waals surface area contributed by atoms with Crippen LogP contribution >= 0.6 is 0 Å². The molecule has 0 bridgehead atoms. The van der Waals surface area contributed by atoms with E-state index in [4.69, 9.17) is 0 Å². The van der Waals surface area contributed by atoms with Crippen molar-refractivity contribution < 1.29 is 13.9 Å². The highest BCUT2D eigenvalue weighted by atomic mass is 19.2. The summed E-state index contributed by atoms with van der Waals surface area (Å²) in [6.07, 6.45) is 3.05. The number of benzene rings is 2. The molecule has 2 nitrogen and oxygen atoms in total. The van der Waals surface area contributed by atoms with Crippen LogP contribution in [0.15, 0.2) is 48.5 Å². The molecular weight excluding hydrogens is 284 g/mol. The van der Waals surface area contributed by atoms with Gasteiger partial charge in [0.2, 0.25) is 0 Å². The summed E-state index contributed by atoms with van der Waals surface area (Å²) in [6, 6.07) is 11.2. The maximum absolute atomic E-state index is 13.2. The summed E-state index contributed by atoms with van der Waals surface area (Å²) in [4.78, 5) is 2.19. The average Bonchev–Trinajstić information content (AvgIpc) is 2.53. The van der Waals surface area contributed by atoms with Gasteiger partial charge in [-0.2, -0.15) is 0 Å². The van der Waals surface area contributed by atoms with E-state index in [0.717, 1.165) is 30.6 Å². The van der Waals surface area contributed by atoms with Gasteiger partial charge < -0.3 is 5.11 Å². The lowest BCUT2D eigenvalue weighted by Gasteiger charge is -2.26. The molecule has 2 aromatic rings. The Hall–Kier alpha value is -2.20. The Morgan fingerprint density at radius 2 is 1.77 bits per heavy atom. The number of halogens is 2. The first-order valence-corrected chi connectivity index (χ1v) is 7.26. The predicted octanol–water partition coefficient (Wildman–Crippen LogP) is 3.96. The largest absolute Gasteiger partial charge is 0.508 e. The van der Waals surface area contributed by atoms with Crippen LogP contribution < -0.4 is 0 Å². The van der Waals surface area contributed by atoms with Crippen molar-refractivity contribution in [3.63, 3.8) is 0 Å². The van der Waals surface area contributed by atoms with Gasteiger partial charge in [0, 0.05) is 19.6 Å². The van der Waals surface area contributed by atoms with Crippen LogP contribution in [0.3, 0.4) is 0 Å². The Morgan fingerprint density at radius 1 is 1.00 bits per heavy atom. The van der Waals surface area contributed by atoms with E-state index in [-0.39, 0.29) is 5.75 Å². The van der Waals surface area contributed by atoms with Crippen LogP contribution in [0.5, 0.6) is 5.75 Å². The van der Waals surface area contributed by atoms with E-state index < -0.39 is 11.6 Å². The fourth-order valence-electron chi connectivity index (χ4n) is 2.69. The third-order valence-corrected chi connectivity index (χ3v) is 3.92. The standard InChI is InChI=1S/C18H17F2NO/c19-17-6-1-13(11-18(17)20)12-21-9-7-15(8-10-21)14-2-4-16(22)5-3-14/h1-7,11,22H,8-10,12H2. The van der Waals surface area contributed by atoms with Gasteiger partial charge in [0.25, 0.3) is 0 Å². The number of aromatic hydroxyl groups is 1. The van der Waals surface area contributed by atoms with E-state index in [9.17, 15) is 13.9 Å². The number of hydrogen-bond donors (Lipinski definition) is 1. The zero-order valence-electron chi connectivity index (χ0n) is 12.1. The van der Waals surface area contributed by atoms with E-state index in [1.807, 2.05) is 12.1 Å². The second-order valence-corrected chi connectivity index (χ2v) is 5.51. The lowest BCUT2D eigenvalue weighted by molar-refractivity contribution is 0.293. The van der Waals surface area contributed by atoms with Crippen molar-refractivity contribution in [2.45, 2.75) is 13.0 Å². The van der Waals surface area contributed by atoms with Crippen LogP contribution in [-0.4, -0.2) is 23.1 Å². The van der Waals surface area contributed by atoms with E-state index in [1.165, 1.54) is 17.7 Å². The lowest BCUT2D eigenvalue weighted by atomic mass is 9.99. The molecule has 22 heavy (non-hydrogen) atoms. The Balaban J connectivity index is 1.65. The zero-order valence-corrected chi connectivity index (χ0v) is 12.1. The first-order valence-electron chi connectivity index (χ1n) is 7.26. The third kappa shape index (κ3) is 3.34. The maximum atomic E-state index is 13.2. The van der Waals surface area contributed by atoms with Crippen molar-refractivity contribution in [2.24, 2.45) is 0 Å². The van der Waals surface area contributed by atoms with Crippen molar-refractivity contribution in [3.8, 4) is 5.75 Å². The normalized spacial score (nSPS) is 15.6. The Labute approximate surface area is 128 Å². The molecule has 114 valence electrons. The predicted molar refractivity (Wildman–Crippen MR) is 82.3 cm³/mol. The van der Waals surface area contributed by atoms with Gasteiger partial charge in [-0.15, -0.1) is 0 Å². The molecule has 0 saturated heterocycles. The highest BCUT2D eigenvalue weighted by Crippen LogP contribution is 2.24. The summed E-state index contributed by atoms with van der Waals surface area (Å²) in [5.41, 5.74) is 3.15. The highest BCUT2D eigenvalue weighted by Gasteiger charge is 2.14. The maximum Gasteiger partial charge on any atom is 0.159 e. The first-order chi connectivity index (χ1) is 10.6. The van der Waals surface area contributed by atoms with Crippen LogP contribution in [0.25, 0.3) is 5.57 Å². The molecule has 0 spiro atoms. The monoisotopic (exact) mass is 301 g/mol. The van der Waals surface area contributed by atoms with Crippen LogP contribution in [0.1, 0.15) is 17.5 Å². The summed E-state index contributed by atoms with van der Waals surface area (Å²) in [5, 5.41) is 9.32. The van der Waals surface area contributed by atoms with E-state index >= 15 is 0 Å². The number of nitrogens with zero attached hydrogens (tertiary/aromatic N) is 1. The molecule has 3 rings (SSSR count). The van der Waals surface area contributed by atoms with E-state index in [1.54, 1.807) is 18.2 Å². The summed E-state index contributed by atoms with van der Waals surface area (Å²) in [6.45, 7) is 2.25. The summed E-state index contributed by atoms with van der Waals surface area (Å²) in [7, 11) is 0. The molecule has 1 heterocycles. The van der Waals surface area contributed by atoms with Gasteiger partial charge in [-0.25, -0.2) is 8.78 Å². The molecule has 0 fully saturated rings. The second kappa shape index (κ2) is 6.28. The number of phenolic OH excluding ortho intramolecular Hbond substituents is 1. The van der Waals surface area contributed by atoms with Gasteiger partial charge in [-0.1, -0.05) is 24.3 Å². The summed E-state index contributed by atoms with van der Waals surface area (Å²) >= 11 is 0. The molecule has 2 aromatic carbocycles. The number of rotatable bonds is 3. The SMILES string of the molecule is Oc1ccc(C2=CCN(Cc3ccc(F)c(F)c3)CC2)cc1. The topological polar surface area (TPSA) is 23.5 Å². The van der Waals surface area contributed by atoms with Crippen molar-refractivity contribution in [1.29, 1.82) is 0 Å². The van der Waals surface area contributed by atoms with Crippen LogP contribution in [0.4, 0.5) is 8.78 Å². The molecule has 0 aromatic heterocycles. The van der Waals surface area contributed by atoms with Gasteiger partial charge in [-0.05, 0) is 47.4 Å². The van der Waals surface area contributed by atoms with Gasteiger partial charge in [-0.3, -0.25) is 4.90 Å². The number of phenols is 1. The van der Waals surface area contributed by atoms with Gasteiger partial charge in [0.05, 0.1) is 0 Å². The van der Waals surface area contributed by atoms with Crippen LogP contribution in [0.2, 0.25) is 0 Å². The van der Waals surface area contributed by atoms with Crippen molar-refractivity contribution in [1.82, 2.24) is 4.90 Å². The molecule has 0 saturated carbocycles. The second-order valence-electron chi connectivity index (χ2n) is 5.51. The molecule has 0 amide bonds. The fraction of sp³-hybridized carbons (Fsp3) is 0.222. The van der Waals surface area contributed by atoms with Crippen molar-refractivity contribution in [2.75, 3.05) is 13.1 Å². The summed E-state index contributed by atoms with van der Waals surface area (Å²) in [5.74, 6) is -1.34. The smallest absolute Gasteiger partial charge is 0.159 e. The quantitative estimate of drug-likeness (QED) is 0.927. The zero-order chi connectivity index (χ0) is 15.5. The van der Waals surface area contributed by atoms with Crippen LogP contribution in [-0.2, 0) is 6.54 Å². The van der Waals surface area contributed by atoms with Gasteiger partial charge >= 0.3 is 0 Å². The Bertz CT molecular complexity index is 695. The fourth-order valence-corrected chi connectivity index (χ4v) is 2.69. The third-order valence-electron chi connectivity index (χ3n) is 3.92. The van der Waals surface area contributed by atoms with Crippen molar-refractivity contribution in [3.05, 3.63) is 71.3 Å². The minimum atomic E-state index is -0.808. The minimum absolute atomic E-state index is 0.264. The molecule has 4 heteroatoms. The van der Waals surface area contributed by atoms with Crippen LogP contribution in [0, 0.1) is 11.6 Å². The Morgan fingerprint density at radius 3 is 2.41 bits per heavy atom. The van der Waals surface area contributed by atoms with Gasteiger partial charge in [0.15, 0.2) is 11.6 Å². The number of hydrogen-bond acceptors (Lipinski definition) is 2. The summed E-state index contributed by atoms with van der Waals surface area (Å²) < 4.78 is 26.2. The van der Waals surface area contributed by atoms with E-state index in [2.05, 4.69) is 11.0 Å². The lowest BCUT2D eigenvalue weighted by Crippen LogP contribution is -2.28. The molecule has 1 aliphatic heterocycles. The molecule has 1 N–H and O–H groups in total. The molecule has 0 atom stereocenters. The van der Waals surface area contributed by atoms with Crippen molar-refractivity contribution >= 4 is 5.57 Å². The highest BCUT2D eigenvalue weighted by molar-refractivity contribution is 5.67. The minimum Gasteiger partial charge on any atom is -0.508 e. The molecule has 0 radical (unpaired) electrons. The Kier molecular flexibility index (Phi) is 4.20. The molecule has 1 aliphatic rings. The molecule has 0 unspecified atom stereocenters. The molecular formula is C18H17F2NO. The average molecular weight is 301 g/mol.